The number of amides is 2. The van der Waals surface area contributed by atoms with Crippen LogP contribution in [0.15, 0.2) is 60.7 Å². The highest BCUT2D eigenvalue weighted by Gasteiger charge is 2.18. The molecule has 0 aliphatic carbocycles. The molecule has 1 aliphatic heterocycles. The van der Waals surface area contributed by atoms with Crippen molar-refractivity contribution < 1.29 is 18.4 Å². The molecule has 2 N–H and O–H groups in total. The lowest BCUT2D eigenvalue weighted by molar-refractivity contribution is -0.127. The van der Waals surface area contributed by atoms with Crippen molar-refractivity contribution in [3.05, 3.63) is 83.4 Å². The third-order valence-electron chi connectivity index (χ3n) is 4.70. The highest BCUT2D eigenvalue weighted by molar-refractivity contribution is 5.84. The van der Waals surface area contributed by atoms with Crippen LogP contribution in [0.4, 0.5) is 8.78 Å². The smallest absolute Gasteiger partial charge is 0.221 e. The lowest BCUT2D eigenvalue weighted by Crippen LogP contribution is -2.32. The van der Waals surface area contributed by atoms with Gasteiger partial charge in [-0.3, -0.25) is 9.59 Å². The minimum atomic E-state index is -0.336. The van der Waals surface area contributed by atoms with E-state index in [2.05, 4.69) is 10.6 Å². The molecular weight excluding hydrogens is 362 g/mol. The Labute approximate surface area is 162 Å². The summed E-state index contributed by atoms with van der Waals surface area (Å²) in [5.74, 6) is -1.15. The Morgan fingerprint density at radius 2 is 1.00 bits per heavy atom. The van der Waals surface area contributed by atoms with Crippen LogP contribution in [-0.2, 0) is 9.59 Å². The molecule has 0 spiro atoms. The molecule has 6 heteroatoms. The summed E-state index contributed by atoms with van der Waals surface area (Å²) < 4.78 is 26.4. The van der Waals surface area contributed by atoms with Crippen molar-refractivity contribution in [2.75, 3.05) is 0 Å². The topological polar surface area (TPSA) is 58.2 Å². The predicted octanol–water partition coefficient (Wildman–Crippen LogP) is 4.11. The standard InChI is InChI=1S/C22H22F2N2O2/c23-17-9-5-15(6-10-17)19-3-1-2-4-20(16-7-11-18(24)12-8-16)26-22(28)14-13-21(27)25-19/h1-2,5-12,19-20H,3-4,13-14H2,(H,25,27)(H,26,28)/b2-1-/t19-,20+. The molecule has 2 atom stereocenters. The largest absolute Gasteiger partial charge is 0.349 e. The maximum atomic E-state index is 13.2. The fraction of sp³-hybridized carbons (Fsp3) is 0.273. The van der Waals surface area contributed by atoms with E-state index < -0.39 is 0 Å². The zero-order valence-electron chi connectivity index (χ0n) is 15.3. The van der Waals surface area contributed by atoms with Gasteiger partial charge in [-0.2, -0.15) is 0 Å². The summed E-state index contributed by atoms with van der Waals surface area (Å²) in [6.45, 7) is 0. The van der Waals surface area contributed by atoms with Gasteiger partial charge in [0.15, 0.2) is 0 Å². The zero-order chi connectivity index (χ0) is 19.9. The van der Waals surface area contributed by atoms with Crippen molar-refractivity contribution in [2.24, 2.45) is 0 Å². The second-order valence-corrected chi connectivity index (χ2v) is 6.79. The van der Waals surface area contributed by atoms with Crippen LogP contribution in [0.1, 0.15) is 48.9 Å². The number of carbonyl (C=O) groups excluding carboxylic acids is 2. The number of carbonyl (C=O) groups is 2. The summed E-state index contributed by atoms with van der Waals surface area (Å²) in [6, 6.07) is 11.4. The average molecular weight is 384 g/mol. The summed E-state index contributed by atoms with van der Waals surface area (Å²) in [4.78, 5) is 24.5. The van der Waals surface area contributed by atoms with Gasteiger partial charge in [0.2, 0.25) is 11.8 Å². The van der Waals surface area contributed by atoms with Gasteiger partial charge in [0, 0.05) is 12.8 Å². The van der Waals surface area contributed by atoms with Crippen molar-refractivity contribution in [1.29, 1.82) is 0 Å². The second-order valence-electron chi connectivity index (χ2n) is 6.79. The Morgan fingerprint density at radius 1 is 0.643 bits per heavy atom. The molecule has 0 aromatic heterocycles. The quantitative estimate of drug-likeness (QED) is 0.766. The van der Waals surface area contributed by atoms with Crippen molar-refractivity contribution in [1.82, 2.24) is 10.6 Å². The highest BCUT2D eigenvalue weighted by atomic mass is 19.1. The molecule has 0 unspecified atom stereocenters. The normalized spacial score (nSPS) is 22.4. The van der Waals surface area contributed by atoms with E-state index in [1.807, 2.05) is 12.2 Å². The van der Waals surface area contributed by atoms with Crippen LogP contribution in [0.25, 0.3) is 0 Å². The fourth-order valence-electron chi connectivity index (χ4n) is 3.17. The van der Waals surface area contributed by atoms with Crippen LogP contribution >= 0.6 is 0 Å². The number of hydrogen-bond donors (Lipinski definition) is 2. The van der Waals surface area contributed by atoms with E-state index in [-0.39, 0.29) is 48.4 Å². The summed E-state index contributed by atoms with van der Waals surface area (Å²) in [7, 11) is 0. The molecular formula is C22H22F2N2O2. The lowest BCUT2D eigenvalue weighted by Gasteiger charge is -2.21. The van der Waals surface area contributed by atoms with Crippen LogP contribution in [0.5, 0.6) is 0 Å². The molecule has 2 amide bonds. The molecule has 3 rings (SSSR count). The van der Waals surface area contributed by atoms with Gasteiger partial charge in [0.1, 0.15) is 11.6 Å². The fourth-order valence-corrected chi connectivity index (χ4v) is 3.17. The first kappa shape index (κ1) is 19.7. The van der Waals surface area contributed by atoms with Crippen molar-refractivity contribution in [3.63, 3.8) is 0 Å². The van der Waals surface area contributed by atoms with Crippen LogP contribution in [0.2, 0.25) is 0 Å². The van der Waals surface area contributed by atoms with Gasteiger partial charge >= 0.3 is 0 Å². The number of rotatable bonds is 2. The van der Waals surface area contributed by atoms with Crippen molar-refractivity contribution in [2.45, 2.75) is 37.8 Å². The molecule has 146 valence electrons. The van der Waals surface area contributed by atoms with E-state index in [1.165, 1.54) is 24.3 Å². The highest BCUT2D eigenvalue weighted by Crippen LogP contribution is 2.22. The Kier molecular flexibility index (Phi) is 6.53. The van der Waals surface area contributed by atoms with E-state index in [0.29, 0.717) is 12.8 Å². The van der Waals surface area contributed by atoms with E-state index >= 15 is 0 Å². The first-order valence-corrected chi connectivity index (χ1v) is 9.26. The molecule has 2 aromatic carbocycles. The number of benzene rings is 2. The summed E-state index contributed by atoms with van der Waals surface area (Å²) in [5, 5.41) is 5.81. The van der Waals surface area contributed by atoms with E-state index in [9.17, 15) is 18.4 Å². The SMILES string of the molecule is O=C1CCC(=O)N[C@@H](c2ccc(F)cc2)C/C=C\C[C@@H](c2ccc(F)cc2)N1. The molecule has 4 nitrogen and oxygen atoms in total. The maximum absolute atomic E-state index is 13.2. The van der Waals surface area contributed by atoms with Crippen molar-refractivity contribution >= 4 is 11.8 Å². The van der Waals surface area contributed by atoms with E-state index in [4.69, 9.17) is 0 Å². The van der Waals surface area contributed by atoms with Gasteiger partial charge in [-0.1, -0.05) is 36.4 Å². The molecule has 0 fully saturated rings. The van der Waals surface area contributed by atoms with Crippen molar-refractivity contribution in [3.8, 4) is 0 Å². The van der Waals surface area contributed by atoms with E-state index in [1.54, 1.807) is 24.3 Å². The van der Waals surface area contributed by atoms with Crippen LogP contribution in [0.3, 0.4) is 0 Å². The average Bonchev–Trinajstić information content (AvgIpc) is 2.68. The molecule has 0 saturated heterocycles. The van der Waals surface area contributed by atoms with Gasteiger partial charge in [-0.25, -0.2) is 8.78 Å². The minimum Gasteiger partial charge on any atom is -0.349 e. The second kappa shape index (κ2) is 9.26. The van der Waals surface area contributed by atoms with Crippen LogP contribution < -0.4 is 10.6 Å². The zero-order valence-corrected chi connectivity index (χ0v) is 15.3. The third-order valence-corrected chi connectivity index (χ3v) is 4.70. The Hall–Kier alpha value is -3.02. The van der Waals surface area contributed by atoms with Gasteiger partial charge in [-0.15, -0.1) is 0 Å². The van der Waals surface area contributed by atoms with Gasteiger partial charge in [-0.05, 0) is 48.2 Å². The van der Waals surface area contributed by atoms with Crippen LogP contribution in [0, 0.1) is 11.6 Å². The molecule has 1 heterocycles. The number of nitrogens with one attached hydrogen (secondary N) is 2. The lowest BCUT2D eigenvalue weighted by atomic mass is 10.00. The predicted molar refractivity (Wildman–Crippen MR) is 102 cm³/mol. The molecule has 2 aromatic rings. The minimum absolute atomic E-state index is 0.0589. The summed E-state index contributed by atoms with van der Waals surface area (Å²) in [5.41, 5.74) is 1.60. The van der Waals surface area contributed by atoms with E-state index in [0.717, 1.165) is 11.1 Å². The molecule has 28 heavy (non-hydrogen) atoms. The number of hydrogen-bond acceptors (Lipinski definition) is 2. The van der Waals surface area contributed by atoms with Gasteiger partial charge in [0.05, 0.1) is 12.1 Å². The Bertz CT molecular complexity index is 776. The number of halogens is 2. The Balaban J connectivity index is 1.79. The third kappa shape index (κ3) is 5.49. The molecule has 0 bridgehead atoms. The molecule has 0 radical (unpaired) electrons. The first-order valence-electron chi connectivity index (χ1n) is 9.26. The summed E-state index contributed by atoms with van der Waals surface area (Å²) >= 11 is 0. The van der Waals surface area contributed by atoms with Gasteiger partial charge in [0.25, 0.3) is 0 Å². The van der Waals surface area contributed by atoms with Crippen LogP contribution in [-0.4, -0.2) is 11.8 Å². The monoisotopic (exact) mass is 384 g/mol. The Morgan fingerprint density at radius 3 is 1.36 bits per heavy atom. The summed E-state index contributed by atoms with van der Waals surface area (Å²) in [6.07, 6.45) is 5.06. The molecule has 0 saturated carbocycles. The first-order chi connectivity index (χ1) is 13.5. The molecule has 1 aliphatic rings. The van der Waals surface area contributed by atoms with Gasteiger partial charge < -0.3 is 10.6 Å². The maximum Gasteiger partial charge on any atom is 0.221 e.